The molecule has 2 amide bonds. The maximum absolute atomic E-state index is 13.4. The number of nitrogens with zero attached hydrogens (tertiary/aromatic N) is 4. The molecule has 1 aromatic heterocycles. The van der Waals surface area contributed by atoms with Crippen LogP contribution in [0.2, 0.25) is 0 Å². The number of benzene rings is 1. The summed E-state index contributed by atoms with van der Waals surface area (Å²) in [7, 11) is 4.00. The molecule has 2 aromatic rings. The summed E-state index contributed by atoms with van der Waals surface area (Å²) in [6.45, 7) is 2.20. The lowest BCUT2D eigenvalue weighted by atomic mass is 10.1. The highest BCUT2D eigenvalue weighted by molar-refractivity contribution is 5.99. The molecule has 0 bridgehead atoms. The van der Waals surface area contributed by atoms with Gasteiger partial charge in [-0.1, -0.05) is 18.2 Å². The predicted octanol–water partition coefficient (Wildman–Crippen LogP) is 2.12. The average molecular weight is 396 g/mol. The third kappa shape index (κ3) is 5.32. The number of aromatic nitrogens is 1. The lowest BCUT2D eigenvalue weighted by Gasteiger charge is -2.26. The maximum atomic E-state index is 13.4. The van der Waals surface area contributed by atoms with Crippen molar-refractivity contribution in [1.29, 1.82) is 0 Å². The highest BCUT2D eigenvalue weighted by atomic mass is 16.3. The van der Waals surface area contributed by atoms with E-state index in [-0.39, 0.29) is 30.5 Å². The van der Waals surface area contributed by atoms with Crippen molar-refractivity contribution in [2.75, 3.05) is 38.6 Å². The third-order valence-electron chi connectivity index (χ3n) is 5.08. The largest absolute Gasteiger partial charge is 0.506 e. The first-order chi connectivity index (χ1) is 14.0. The highest BCUT2D eigenvalue weighted by Crippen LogP contribution is 2.31. The Labute approximate surface area is 171 Å². The van der Waals surface area contributed by atoms with Gasteiger partial charge in [0.15, 0.2) is 0 Å². The van der Waals surface area contributed by atoms with E-state index in [9.17, 15) is 14.7 Å². The predicted molar refractivity (Wildman–Crippen MR) is 111 cm³/mol. The minimum Gasteiger partial charge on any atom is -0.506 e. The molecule has 7 nitrogen and oxygen atoms in total. The van der Waals surface area contributed by atoms with Crippen LogP contribution in [-0.2, 0) is 16.1 Å². The molecule has 7 heteroatoms. The summed E-state index contributed by atoms with van der Waals surface area (Å²) in [6.07, 6.45) is 2.75. The number of rotatable bonds is 8. The van der Waals surface area contributed by atoms with E-state index in [2.05, 4.69) is 9.88 Å². The Morgan fingerprint density at radius 1 is 1.21 bits per heavy atom. The first kappa shape index (κ1) is 20.8. The fourth-order valence-electron chi connectivity index (χ4n) is 3.58. The number of hydrogen-bond acceptors (Lipinski definition) is 5. The van der Waals surface area contributed by atoms with Crippen molar-refractivity contribution in [2.45, 2.75) is 19.4 Å². The average Bonchev–Trinajstić information content (AvgIpc) is 3.07. The summed E-state index contributed by atoms with van der Waals surface area (Å²) >= 11 is 0. The number of likely N-dealkylation sites (tertiary alicyclic amines) is 1. The van der Waals surface area contributed by atoms with E-state index in [1.807, 2.05) is 32.3 Å². The topological polar surface area (TPSA) is 77.0 Å². The molecular weight excluding hydrogens is 368 g/mol. The van der Waals surface area contributed by atoms with Crippen molar-refractivity contribution >= 4 is 17.5 Å². The molecule has 1 aliphatic rings. The fourth-order valence-corrected chi connectivity index (χ4v) is 3.58. The normalized spacial score (nSPS) is 16.4. The van der Waals surface area contributed by atoms with E-state index in [0.29, 0.717) is 18.8 Å². The van der Waals surface area contributed by atoms with E-state index >= 15 is 0 Å². The Morgan fingerprint density at radius 3 is 2.66 bits per heavy atom. The monoisotopic (exact) mass is 396 g/mol. The molecule has 154 valence electrons. The zero-order chi connectivity index (χ0) is 20.8. The second-order valence-corrected chi connectivity index (χ2v) is 7.63. The fraction of sp³-hybridized carbons (Fsp3) is 0.409. The molecule has 0 aliphatic carbocycles. The molecule has 1 N–H and O–H groups in total. The first-order valence-electron chi connectivity index (χ1n) is 9.87. The van der Waals surface area contributed by atoms with E-state index < -0.39 is 5.92 Å². The van der Waals surface area contributed by atoms with Gasteiger partial charge in [-0.05, 0) is 51.3 Å². The molecular formula is C22H28N4O3. The molecule has 29 heavy (non-hydrogen) atoms. The smallest absolute Gasteiger partial charge is 0.232 e. The van der Waals surface area contributed by atoms with Crippen molar-refractivity contribution in [1.82, 2.24) is 14.8 Å². The number of pyridine rings is 1. The Hall–Kier alpha value is -2.93. The first-order valence-corrected chi connectivity index (χ1v) is 9.87. The molecule has 0 saturated carbocycles. The number of carbonyl (C=O) groups is 2. The Balaban J connectivity index is 1.76. The van der Waals surface area contributed by atoms with Crippen LogP contribution in [-0.4, -0.2) is 65.4 Å². The van der Waals surface area contributed by atoms with Gasteiger partial charge in [0.25, 0.3) is 0 Å². The molecule has 1 aromatic carbocycles. The summed E-state index contributed by atoms with van der Waals surface area (Å²) in [5.41, 5.74) is 1.15. The van der Waals surface area contributed by atoms with Gasteiger partial charge in [-0.2, -0.15) is 0 Å². The van der Waals surface area contributed by atoms with Crippen LogP contribution in [0.5, 0.6) is 5.75 Å². The number of phenolic OH excluding ortho intramolecular Hbond substituents is 1. The van der Waals surface area contributed by atoms with Gasteiger partial charge in [0, 0.05) is 25.7 Å². The lowest BCUT2D eigenvalue weighted by molar-refractivity contribution is -0.128. The van der Waals surface area contributed by atoms with Crippen LogP contribution in [0.1, 0.15) is 18.5 Å². The zero-order valence-electron chi connectivity index (χ0n) is 17.0. The van der Waals surface area contributed by atoms with Gasteiger partial charge in [-0.3, -0.25) is 14.6 Å². The second kappa shape index (κ2) is 9.52. The lowest BCUT2D eigenvalue weighted by Crippen LogP contribution is -2.37. The molecule has 1 fully saturated rings. The van der Waals surface area contributed by atoms with Gasteiger partial charge in [0.2, 0.25) is 11.8 Å². The molecule has 1 unspecified atom stereocenters. The van der Waals surface area contributed by atoms with Gasteiger partial charge < -0.3 is 19.8 Å². The maximum Gasteiger partial charge on any atom is 0.232 e. The Bertz CT molecular complexity index is 841. The number of aromatic hydroxyl groups is 1. The molecule has 1 saturated heterocycles. The van der Waals surface area contributed by atoms with Crippen molar-refractivity contribution in [3.05, 3.63) is 54.4 Å². The summed E-state index contributed by atoms with van der Waals surface area (Å²) < 4.78 is 0. The minimum absolute atomic E-state index is 0.0113. The summed E-state index contributed by atoms with van der Waals surface area (Å²) in [5.74, 6) is -0.549. The van der Waals surface area contributed by atoms with Gasteiger partial charge in [0.05, 0.1) is 23.8 Å². The molecule has 0 radical (unpaired) electrons. The molecule has 0 spiro atoms. The molecule has 2 heterocycles. The van der Waals surface area contributed by atoms with Gasteiger partial charge in [-0.25, -0.2) is 0 Å². The van der Waals surface area contributed by atoms with Crippen molar-refractivity contribution in [2.24, 2.45) is 5.92 Å². The summed E-state index contributed by atoms with van der Waals surface area (Å²) in [5, 5.41) is 10.3. The second-order valence-electron chi connectivity index (χ2n) is 7.63. The minimum atomic E-state index is -0.426. The van der Waals surface area contributed by atoms with E-state index in [1.165, 1.54) is 0 Å². The van der Waals surface area contributed by atoms with Gasteiger partial charge >= 0.3 is 0 Å². The summed E-state index contributed by atoms with van der Waals surface area (Å²) in [6, 6.07) is 12.3. The van der Waals surface area contributed by atoms with E-state index in [4.69, 9.17) is 0 Å². The van der Waals surface area contributed by atoms with Crippen molar-refractivity contribution in [3.8, 4) is 5.75 Å². The molecule has 1 atom stereocenters. The number of anilines is 1. The zero-order valence-corrected chi connectivity index (χ0v) is 17.0. The van der Waals surface area contributed by atoms with Crippen LogP contribution >= 0.6 is 0 Å². The van der Waals surface area contributed by atoms with Crippen molar-refractivity contribution in [3.63, 3.8) is 0 Å². The Morgan fingerprint density at radius 2 is 1.97 bits per heavy atom. The van der Waals surface area contributed by atoms with Crippen LogP contribution in [0.4, 0.5) is 5.69 Å². The van der Waals surface area contributed by atoms with E-state index in [1.54, 1.807) is 40.3 Å². The van der Waals surface area contributed by atoms with Crippen LogP contribution in [0, 0.1) is 5.92 Å². The highest BCUT2D eigenvalue weighted by Gasteiger charge is 2.37. The number of carbonyl (C=O) groups excluding carboxylic acids is 2. The van der Waals surface area contributed by atoms with Crippen LogP contribution in [0.3, 0.4) is 0 Å². The number of amides is 2. The van der Waals surface area contributed by atoms with Crippen LogP contribution in [0.15, 0.2) is 48.7 Å². The SMILES string of the molecule is CN(C)CCCN1CC(C(=O)N(Cc2ccccn2)c2ccccc2O)CC1=O. The van der Waals surface area contributed by atoms with E-state index in [0.717, 1.165) is 18.7 Å². The summed E-state index contributed by atoms with van der Waals surface area (Å²) in [4.78, 5) is 35.5. The molecule has 1 aliphatic heterocycles. The van der Waals surface area contributed by atoms with Gasteiger partial charge in [-0.15, -0.1) is 0 Å². The molecule has 3 rings (SSSR count). The van der Waals surface area contributed by atoms with Crippen LogP contribution < -0.4 is 4.90 Å². The third-order valence-corrected chi connectivity index (χ3v) is 5.08. The quantitative estimate of drug-likeness (QED) is 0.740. The Kier molecular flexibility index (Phi) is 6.82. The number of phenols is 1. The number of para-hydroxylation sites is 2. The standard InChI is InChI=1S/C22H28N4O3/c1-24(2)12-7-13-25-15-17(14-21(25)28)22(29)26(16-18-8-5-6-11-23-18)19-9-3-4-10-20(19)27/h3-6,8-11,17,27H,7,12-16H2,1-2H3. The van der Waals surface area contributed by atoms with Crippen LogP contribution in [0.25, 0.3) is 0 Å². The van der Waals surface area contributed by atoms with Crippen molar-refractivity contribution < 1.29 is 14.7 Å². The van der Waals surface area contributed by atoms with Gasteiger partial charge in [0.1, 0.15) is 5.75 Å². The number of hydrogen-bond donors (Lipinski definition) is 1.